The second kappa shape index (κ2) is 9.25. The molecule has 1 saturated carbocycles. The molecular formula is C22H28N2O6S. The van der Waals surface area contributed by atoms with Crippen molar-refractivity contribution in [2.75, 3.05) is 20.8 Å². The number of carbonyl (C=O) groups is 1. The Hall–Kier alpha value is -2.62. The van der Waals surface area contributed by atoms with Gasteiger partial charge in [-0.2, -0.15) is 0 Å². The fourth-order valence-corrected chi connectivity index (χ4v) is 4.44. The Morgan fingerprint density at radius 3 is 2.26 bits per heavy atom. The number of nitrogens with zero attached hydrogens (tertiary/aromatic N) is 1. The number of aryl methyl sites for hydroxylation is 1. The Morgan fingerprint density at radius 1 is 1.06 bits per heavy atom. The lowest BCUT2D eigenvalue weighted by atomic mass is 10.1. The van der Waals surface area contributed by atoms with Crippen molar-refractivity contribution < 1.29 is 27.4 Å². The van der Waals surface area contributed by atoms with Crippen molar-refractivity contribution in [3.05, 3.63) is 53.6 Å². The second-order valence-corrected chi connectivity index (χ2v) is 9.10. The summed E-state index contributed by atoms with van der Waals surface area (Å²) in [5.41, 5.74) is 0.939. The maximum atomic E-state index is 13.2. The van der Waals surface area contributed by atoms with Gasteiger partial charge in [-0.15, -0.1) is 4.83 Å². The van der Waals surface area contributed by atoms with Crippen LogP contribution >= 0.6 is 0 Å². The number of esters is 1. The highest BCUT2D eigenvalue weighted by atomic mass is 32.2. The molecule has 0 aromatic heterocycles. The van der Waals surface area contributed by atoms with Crippen molar-refractivity contribution in [2.45, 2.75) is 43.7 Å². The molecule has 31 heavy (non-hydrogen) atoms. The Morgan fingerprint density at radius 2 is 1.71 bits per heavy atom. The van der Waals surface area contributed by atoms with Gasteiger partial charge in [0.15, 0.2) is 11.5 Å². The highest BCUT2D eigenvalue weighted by Crippen LogP contribution is 2.43. The number of hydrogen-bond acceptors (Lipinski definition) is 7. The molecule has 1 fully saturated rings. The number of nitrogens with one attached hydrogen (secondary N) is 1. The van der Waals surface area contributed by atoms with Gasteiger partial charge in [0, 0.05) is 12.6 Å². The number of hydrogen-bond donors (Lipinski definition) is 1. The van der Waals surface area contributed by atoms with Gasteiger partial charge in [-0.1, -0.05) is 29.8 Å². The number of ether oxygens (including phenoxy) is 3. The van der Waals surface area contributed by atoms with Crippen LogP contribution in [0.1, 0.15) is 30.9 Å². The Balaban J connectivity index is 1.94. The average Bonchev–Trinajstić information content (AvgIpc) is 3.56. The molecular weight excluding hydrogens is 420 g/mol. The molecule has 0 bridgehead atoms. The summed E-state index contributed by atoms with van der Waals surface area (Å²) >= 11 is 0. The third kappa shape index (κ3) is 5.00. The average molecular weight is 449 g/mol. The summed E-state index contributed by atoms with van der Waals surface area (Å²) in [4.78, 5) is 15.3. The highest BCUT2D eigenvalue weighted by Gasteiger charge is 2.57. The topological polar surface area (TPSA) is 94.2 Å². The van der Waals surface area contributed by atoms with E-state index < -0.39 is 21.5 Å². The Kier molecular flexibility index (Phi) is 6.88. The lowest BCUT2D eigenvalue weighted by Crippen LogP contribution is -2.53. The second-order valence-electron chi connectivity index (χ2n) is 7.44. The molecule has 0 spiro atoms. The predicted octanol–water partition coefficient (Wildman–Crippen LogP) is 2.80. The van der Waals surface area contributed by atoms with E-state index in [1.807, 2.05) is 31.2 Å². The van der Waals surface area contributed by atoms with Crippen molar-refractivity contribution in [1.29, 1.82) is 0 Å². The zero-order valence-electron chi connectivity index (χ0n) is 18.2. The van der Waals surface area contributed by atoms with Gasteiger partial charge in [-0.3, -0.25) is 0 Å². The molecule has 1 N–H and O–H groups in total. The summed E-state index contributed by atoms with van der Waals surface area (Å²) in [6.45, 7) is 4.14. The molecule has 0 saturated heterocycles. The molecule has 2 aromatic carbocycles. The molecule has 1 aliphatic rings. The summed E-state index contributed by atoms with van der Waals surface area (Å²) in [6.07, 6.45) is 1.01. The van der Waals surface area contributed by atoms with Crippen molar-refractivity contribution in [1.82, 2.24) is 9.84 Å². The lowest BCUT2D eigenvalue weighted by Gasteiger charge is -2.30. The first kappa shape index (κ1) is 23.1. The summed E-state index contributed by atoms with van der Waals surface area (Å²) in [7, 11) is -1.09. The standard InChI is InChI=1S/C22H28N2O6S/c1-5-30-21(25)22(12-13-22)24(15-17-8-6-16(2)7-9-17)23-31(26,27)18-10-11-19(28-3)20(14-18)29-4/h6-11,14,23H,5,12-13,15H2,1-4H3. The number of rotatable bonds is 10. The van der Waals surface area contributed by atoms with Crippen LogP contribution in [0.2, 0.25) is 0 Å². The molecule has 2 aromatic rings. The van der Waals surface area contributed by atoms with Crippen molar-refractivity contribution in [2.24, 2.45) is 0 Å². The smallest absolute Gasteiger partial charge is 0.327 e. The largest absolute Gasteiger partial charge is 0.493 e. The fraction of sp³-hybridized carbons (Fsp3) is 0.409. The monoisotopic (exact) mass is 448 g/mol. The lowest BCUT2D eigenvalue weighted by molar-refractivity contribution is -0.152. The SMILES string of the molecule is CCOC(=O)C1(N(Cc2ccc(C)cc2)NS(=O)(=O)c2ccc(OC)c(OC)c2)CC1. The molecule has 0 atom stereocenters. The van der Waals surface area contributed by atoms with E-state index in [-0.39, 0.29) is 18.0 Å². The van der Waals surface area contributed by atoms with Crippen LogP contribution in [0, 0.1) is 6.92 Å². The van der Waals surface area contributed by atoms with Gasteiger partial charge >= 0.3 is 5.97 Å². The molecule has 168 valence electrons. The van der Waals surface area contributed by atoms with Crippen LogP contribution in [0.25, 0.3) is 0 Å². The van der Waals surface area contributed by atoms with Crippen LogP contribution in [-0.2, 0) is 26.1 Å². The molecule has 1 aliphatic carbocycles. The van der Waals surface area contributed by atoms with Gasteiger partial charge in [0.1, 0.15) is 5.54 Å². The molecule has 0 unspecified atom stereocenters. The number of hydrazine groups is 1. The van der Waals surface area contributed by atoms with E-state index in [1.165, 1.54) is 37.4 Å². The summed E-state index contributed by atoms with van der Waals surface area (Å²) in [6, 6.07) is 12.0. The number of sulfonamides is 1. The first-order chi connectivity index (χ1) is 14.8. The Bertz CT molecular complexity index is 1030. The van der Waals surface area contributed by atoms with Gasteiger partial charge < -0.3 is 14.2 Å². The molecule has 0 amide bonds. The van der Waals surface area contributed by atoms with Crippen LogP contribution in [0.15, 0.2) is 47.4 Å². The zero-order chi connectivity index (χ0) is 22.6. The van der Waals surface area contributed by atoms with Gasteiger partial charge in [-0.25, -0.2) is 18.2 Å². The number of methoxy groups -OCH3 is 2. The van der Waals surface area contributed by atoms with Crippen LogP contribution in [0.3, 0.4) is 0 Å². The van der Waals surface area contributed by atoms with Crippen LogP contribution in [0.5, 0.6) is 11.5 Å². The van der Waals surface area contributed by atoms with E-state index in [0.717, 1.165) is 11.1 Å². The molecule has 9 heteroatoms. The predicted molar refractivity (Wildman–Crippen MR) is 115 cm³/mol. The van der Waals surface area contributed by atoms with Crippen molar-refractivity contribution >= 4 is 16.0 Å². The normalized spacial score (nSPS) is 14.9. The van der Waals surface area contributed by atoms with Gasteiger partial charge in [0.05, 0.1) is 25.7 Å². The quantitative estimate of drug-likeness (QED) is 0.441. The first-order valence-corrected chi connectivity index (χ1v) is 11.5. The fourth-order valence-electron chi connectivity index (χ4n) is 3.30. The number of carbonyl (C=O) groups excluding carboxylic acids is 1. The minimum absolute atomic E-state index is 0.00119. The molecule has 0 aliphatic heterocycles. The third-order valence-electron chi connectivity index (χ3n) is 5.25. The van der Waals surface area contributed by atoms with Gasteiger partial charge in [0.2, 0.25) is 0 Å². The Labute approximate surface area is 183 Å². The maximum absolute atomic E-state index is 13.2. The van der Waals surface area contributed by atoms with Crippen LogP contribution in [0.4, 0.5) is 0 Å². The molecule has 3 rings (SSSR count). The molecule has 8 nitrogen and oxygen atoms in total. The maximum Gasteiger partial charge on any atom is 0.327 e. The van der Waals surface area contributed by atoms with E-state index in [2.05, 4.69) is 4.83 Å². The minimum Gasteiger partial charge on any atom is -0.493 e. The van der Waals surface area contributed by atoms with Gasteiger partial charge in [-0.05, 0) is 44.4 Å². The summed E-state index contributed by atoms with van der Waals surface area (Å²) < 4.78 is 42.1. The summed E-state index contributed by atoms with van der Waals surface area (Å²) in [5.74, 6) is 0.280. The highest BCUT2D eigenvalue weighted by molar-refractivity contribution is 7.89. The third-order valence-corrected chi connectivity index (χ3v) is 6.59. The van der Waals surface area contributed by atoms with Gasteiger partial charge in [0.25, 0.3) is 10.0 Å². The van der Waals surface area contributed by atoms with E-state index >= 15 is 0 Å². The molecule has 0 heterocycles. The van der Waals surface area contributed by atoms with Crippen molar-refractivity contribution in [3.8, 4) is 11.5 Å². The van der Waals surface area contributed by atoms with E-state index in [0.29, 0.717) is 24.3 Å². The first-order valence-electron chi connectivity index (χ1n) is 10.0. The van der Waals surface area contributed by atoms with Crippen molar-refractivity contribution in [3.63, 3.8) is 0 Å². The molecule has 0 radical (unpaired) electrons. The van der Waals surface area contributed by atoms with E-state index in [1.54, 1.807) is 6.92 Å². The minimum atomic E-state index is -4.00. The van der Waals surface area contributed by atoms with E-state index in [4.69, 9.17) is 14.2 Å². The summed E-state index contributed by atoms with van der Waals surface area (Å²) in [5, 5.41) is 1.47. The van der Waals surface area contributed by atoms with E-state index in [9.17, 15) is 13.2 Å². The van der Waals surface area contributed by atoms with Crippen LogP contribution in [-0.4, -0.2) is 45.8 Å². The zero-order valence-corrected chi connectivity index (χ0v) is 19.0. The number of benzene rings is 2. The van der Waals surface area contributed by atoms with Crippen LogP contribution < -0.4 is 14.3 Å².